The molecule has 1 saturated heterocycles. The summed E-state index contributed by atoms with van der Waals surface area (Å²) in [4.78, 5) is 12.8. The molecule has 0 bridgehead atoms. The van der Waals surface area contributed by atoms with E-state index in [1.54, 1.807) is 12.4 Å². The van der Waals surface area contributed by atoms with Gasteiger partial charge in [0.15, 0.2) is 0 Å². The maximum Gasteiger partial charge on any atom is 0.225 e. The van der Waals surface area contributed by atoms with Crippen LogP contribution < -0.4 is 4.90 Å². The first-order valence-electron chi connectivity index (χ1n) is 6.11. The van der Waals surface area contributed by atoms with Crippen LogP contribution in [-0.4, -0.2) is 58.3 Å². The number of halogens is 1. The number of aromatic nitrogens is 2. The average molecular weight is 271 g/mol. The molecule has 0 amide bonds. The highest BCUT2D eigenvalue weighted by atomic mass is 35.5. The number of β-amino-alcohol motifs (C(OH)–C–C–N with tert-alkyl or cyclic N) is 1. The molecular weight excluding hydrogens is 252 g/mol. The van der Waals surface area contributed by atoms with E-state index in [1.807, 2.05) is 13.8 Å². The summed E-state index contributed by atoms with van der Waals surface area (Å²) < 4.78 is 0. The molecule has 0 spiro atoms. The van der Waals surface area contributed by atoms with E-state index in [4.69, 9.17) is 11.6 Å². The molecule has 6 heteroatoms. The standard InChI is InChI=1S/C12H19ClN4O/c1-12(2,18)9-16-3-5-17(6-4-16)11-14-7-10(13)8-15-11/h7-8,18H,3-6,9H2,1-2H3. The molecule has 1 N–H and O–H groups in total. The third-order valence-corrected chi connectivity index (χ3v) is 3.07. The van der Waals surface area contributed by atoms with Crippen molar-refractivity contribution in [2.45, 2.75) is 19.4 Å². The first kappa shape index (κ1) is 13.5. The summed E-state index contributed by atoms with van der Waals surface area (Å²) in [5.41, 5.74) is -0.640. The van der Waals surface area contributed by atoms with E-state index in [0.717, 1.165) is 32.1 Å². The second kappa shape index (κ2) is 5.38. The maximum atomic E-state index is 9.79. The largest absolute Gasteiger partial charge is 0.389 e. The molecule has 0 aliphatic carbocycles. The third kappa shape index (κ3) is 3.80. The monoisotopic (exact) mass is 270 g/mol. The van der Waals surface area contributed by atoms with Crippen LogP contribution in [-0.2, 0) is 0 Å². The molecule has 100 valence electrons. The van der Waals surface area contributed by atoms with Crippen LogP contribution in [0.25, 0.3) is 0 Å². The SMILES string of the molecule is CC(C)(O)CN1CCN(c2ncc(Cl)cn2)CC1. The second-order valence-electron chi connectivity index (χ2n) is 5.28. The van der Waals surface area contributed by atoms with Crippen molar-refractivity contribution in [3.05, 3.63) is 17.4 Å². The van der Waals surface area contributed by atoms with Gasteiger partial charge in [0.1, 0.15) is 0 Å². The maximum absolute atomic E-state index is 9.79. The fourth-order valence-electron chi connectivity index (χ4n) is 2.12. The Hall–Kier alpha value is -0.910. The molecule has 0 aromatic carbocycles. The highest BCUT2D eigenvalue weighted by Gasteiger charge is 2.23. The van der Waals surface area contributed by atoms with Crippen LogP contribution in [0.5, 0.6) is 0 Å². The number of nitrogens with zero attached hydrogens (tertiary/aromatic N) is 4. The lowest BCUT2D eigenvalue weighted by molar-refractivity contribution is 0.0344. The summed E-state index contributed by atoms with van der Waals surface area (Å²) in [7, 11) is 0. The average Bonchev–Trinajstić information content (AvgIpc) is 2.29. The topological polar surface area (TPSA) is 52.5 Å². The normalized spacial score (nSPS) is 18.1. The van der Waals surface area contributed by atoms with E-state index >= 15 is 0 Å². The summed E-state index contributed by atoms with van der Waals surface area (Å²) in [6, 6.07) is 0. The van der Waals surface area contributed by atoms with Gasteiger partial charge in [-0.2, -0.15) is 0 Å². The quantitative estimate of drug-likeness (QED) is 0.889. The smallest absolute Gasteiger partial charge is 0.225 e. The van der Waals surface area contributed by atoms with E-state index in [0.29, 0.717) is 11.6 Å². The molecule has 1 fully saturated rings. The molecule has 1 aliphatic heterocycles. The van der Waals surface area contributed by atoms with Gasteiger partial charge in [-0.15, -0.1) is 0 Å². The zero-order valence-electron chi connectivity index (χ0n) is 10.8. The van der Waals surface area contributed by atoms with Crippen molar-refractivity contribution >= 4 is 17.5 Å². The fourth-order valence-corrected chi connectivity index (χ4v) is 2.22. The van der Waals surface area contributed by atoms with Gasteiger partial charge in [0.2, 0.25) is 5.95 Å². The third-order valence-electron chi connectivity index (χ3n) is 2.87. The molecule has 0 saturated carbocycles. The second-order valence-corrected chi connectivity index (χ2v) is 5.71. The summed E-state index contributed by atoms with van der Waals surface area (Å²) in [5, 5.41) is 10.3. The Kier molecular flexibility index (Phi) is 4.04. The molecule has 2 heterocycles. The Morgan fingerprint density at radius 1 is 1.22 bits per heavy atom. The van der Waals surface area contributed by atoms with Crippen molar-refractivity contribution in [2.75, 3.05) is 37.6 Å². The highest BCUT2D eigenvalue weighted by Crippen LogP contribution is 2.14. The van der Waals surface area contributed by atoms with Gasteiger partial charge in [-0.25, -0.2) is 9.97 Å². The van der Waals surface area contributed by atoms with Crippen LogP contribution in [0.2, 0.25) is 5.02 Å². The van der Waals surface area contributed by atoms with Gasteiger partial charge < -0.3 is 10.0 Å². The molecule has 0 unspecified atom stereocenters. The van der Waals surface area contributed by atoms with Crippen LogP contribution in [0.1, 0.15) is 13.8 Å². The van der Waals surface area contributed by atoms with Crippen LogP contribution in [0.3, 0.4) is 0 Å². The minimum atomic E-state index is -0.640. The molecule has 1 aliphatic rings. The van der Waals surface area contributed by atoms with Crippen LogP contribution in [0, 0.1) is 0 Å². The number of piperazine rings is 1. The lowest BCUT2D eigenvalue weighted by Gasteiger charge is -2.37. The predicted molar refractivity (Wildman–Crippen MR) is 72.0 cm³/mol. The lowest BCUT2D eigenvalue weighted by Crippen LogP contribution is -2.50. The van der Waals surface area contributed by atoms with Crippen molar-refractivity contribution < 1.29 is 5.11 Å². The summed E-state index contributed by atoms with van der Waals surface area (Å²) in [6.07, 6.45) is 3.24. The van der Waals surface area contributed by atoms with Gasteiger partial charge in [-0.3, -0.25) is 4.90 Å². The Morgan fingerprint density at radius 2 is 1.78 bits per heavy atom. The van der Waals surface area contributed by atoms with E-state index < -0.39 is 5.60 Å². The van der Waals surface area contributed by atoms with Gasteiger partial charge in [0.05, 0.1) is 23.0 Å². The Bertz CT molecular complexity index is 382. The summed E-state index contributed by atoms with van der Waals surface area (Å²) in [6.45, 7) is 7.94. The van der Waals surface area contributed by atoms with Crippen molar-refractivity contribution in [3.63, 3.8) is 0 Å². The first-order chi connectivity index (χ1) is 8.44. The van der Waals surface area contributed by atoms with Gasteiger partial charge in [-0.05, 0) is 13.8 Å². The van der Waals surface area contributed by atoms with Crippen LogP contribution in [0.4, 0.5) is 5.95 Å². The fraction of sp³-hybridized carbons (Fsp3) is 0.667. The number of rotatable bonds is 3. The van der Waals surface area contributed by atoms with Gasteiger partial charge in [0, 0.05) is 32.7 Å². The minimum Gasteiger partial charge on any atom is -0.389 e. The minimum absolute atomic E-state index is 0.555. The van der Waals surface area contributed by atoms with E-state index in [-0.39, 0.29) is 0 Å². The molecule has 1 aromatic heterocycles. The molecular formula is C12H19ClN4O. The molecule has 1 aromatic rings. The van der Waals surface area contributed by atoms with Crippen LogP contribution >= 0.6 is 11.6 Å². The van der Waals surface area contributed by atoms with E-state index in [9.17, 15) is 5.11 Å². The zero-order chi connectivity index (χ0) is 13.2. The number of hydrogen-bond donors (Lipinski definition) is 1. The van der Waals surface area contributed by atoms with Gasteiger partial charge in [-0.1, -0.05) is 11.6 Å². The molecule has 0 atom stereocenters. The van der Waals surface area contributed by atoms with Crippen LogP contribution in [0.15, 0.2) is 12.4 Å². The first-order valence-corrected chi connectivity index (χ1v) is 6.49. The Balaban J connectivity index is 1.88. The Labute approximate surface area is 112 Å². The zero-order valence-corrected chi connectivity index (χ0v) is 11.6. The number of anilines is 1. The van der Waals surface area contributed by atoms with E-state index in [2.05, 4.69) is 19.8 Å². The van der Waals surface area contributed by atoms with E-state index in [1.165, 1.54) is 0 Å². The Morgan fingerprint density at radius 3 is 2.28 bits per heavy atom. The van der Waals surface area contributed by atoms with Crippen molar-refractivity contribution in [1.82, 2.24) is 14.9 Å². The molecule has 0 radical (unpaired) electrons. The summed E-state index contributed by atoms with van der Waals surface area (Å²) in [5.74, 6) is 0.724. The highest BCUT2D eigenvalue weighted by molar-refractivity contribution is 6.30. The molecule has 2 rings (SSSR count). The number of aliphatic hydroxyl groups is 1. The van der Waals surface area contributed by atoms with Crippen molar-refractivity contribution in [3.8, 4) is 0 Å². The van der Waals surface area contributed by atoms with Crippen molar-refractivity contribution in [1.29, 1.82) is 0 Å². The molecule has 18 heavy (non-hydrogen) atoms. The molecule has 5 nitrogen and oxygen atoms in total. The van der Waals surface area contributed by atoms with Gasteiger partial charge >= 0.3 is 0 Å². The van der Waals surface area contributed by atoms with Crippen molar-refractivity contribution in [2.24, 2.45) is 0 Å². The lowest BCUT2D eigenvalue weighted by atomic mass is 10.1. The number of hydrogen-bond acceptors (Lipinski definition) is 5. The predicted octanol–water partition coefficient (Wildman–Crippen LogP) is 1.02. The van der Waals surface area contributed by atoms with Gasteiger partial charge in [0.25, 0.3) is 0 Å². The summed E-state index contributed by atoms with van der Waals surface area (Å²) >= 11 is 5.77.